The summed E-state index contributed by atoms with van der Waals surface area (Å²) in [6, 6.07) is 10.9. The van der Waals surface area contributed by atoms with Crippen molar-refractivity contribution in [1.82, 2.24) is 4.98 Å². The van der Waals surface area contributed by atoms with E-state index in [0.717, 1.165) is 15.4 Å². The lowest BCUT2D eigenvalue weighted by atomic mass is 10.0. The van der Waals surface area contributed by atoms with Gasteiger partial charge in [-0.25, -0.2) is 0 Å². The number of fused-ring (bicyclic) bond motifs is 1. The highest BCUT2D eigenvalue weighted by atomic mass is 79.9. The standard InChI is InChI=1S/C16H13BrN2O2/c1-21-14-4-2-3-12(18)15(14)16(20)11-8-19-13-7-9(17)5-6-10(11)13/h2-8,19H,18H2,1H3. The van der Waals surface area contributed by atoms with Crippen LogP contribution in [0.1, 0.15) is 15.9 Å². The lowest BCUT2D eigenvalue weighted by Gasteiger charge is -2.09. The first kappa shape index (κ1) is 13.7. The number of benzene rings is 2. The van der Waals surface area contributed by atoms with Crippen LogP contribution in [0.5, 0.6) is 5.75 Å². The van der Waals surface area contributed by atoms with Crippen molar-refractivity contribution in [1.29, 1.82) is 0 Å². The van der Waals surface area contributed by atoms with Gasteiger partial charge in [0.15, 0.2) is 0 Å². The Morgan fingerprint density at radius 1 is 1.29 bits per heavy atom. The number of nitrogens with one attached hydrogen (secondary N) is 1. The Morgan fingerprint density at radius 2 is 2.10 bits per heavy atom. The molecule has 3 N–H and O–H groups in total. The minimum absolute atomic E-state index is 0.154. The van der Waals surface area contributed by atoms with Crippen LogP contribution < -0.4 is 10.5 Å². The first-order valence-electron chi connectivity index (χ1n) is 6.35. The summed E-state index contributed by atoms with van der Waals surface area (Å²) in [7, 11) is 1.53. The smallest absolute Gasteiger partial charge is 0.200 e. The number of aromatic nitrogens is 1. The van der Waals surface area contributed by atoms with Gasteiger partial charge in [0.2, 0.25) is 5.78 Å². The van der Waals surface area contributed by atoms with E-state index in [2.05, 4.69) is 20.9 Å². The predicted molar refractivity (Wildman–Crippen MR) is 86.8 cm³/mol. The van der Waals surface area contributed by atoms with Gasteiger partial charge in [-0.1, -0.05) is 28.1 Å². The van der Waals surface area contributed by atoms with E-state index in [4.69, 9.17) is 10.5 Å². The summed E-state index contributed by atoms with van der Waals surface area (Å²) in [5.41, 5.74) is 8.22. The SMILES string of the molecule is COc1cccc(N)c1C(=O)c1c[nH]c2cc(Br)ccc12. The second-order valence-electron chi connectivity index (χ2n) is 4.65. The molecule has 3 aromatic rings. The number of nitrogens with two attached hydrogens (primary N) is 1. The summed E-state index contributed by atoms with van der Waals surface area (Å²) in [6.45, 7) is 0. The molecule has 0 bridgehead atoms. The summed E-state index contributed by atoms with van der Waals surface area (Å²) in [6.07, 6.45) is 1.70. The second-order valence-corrected chi connectivity index (χ2v) is 5.56. The first-order valence-corrected chi connectivity index (χ1v) is 7.15. The number of carbonyl (C=O) groups is 1. The molecule has 106 valence electrons. The van der Waals surface area contributed by atoms with Gasteiger partial charge in [0, 0.05) is 32.8 Å². The zero-order valence-corrected chi connectivity index (χ0v) is 12.9. The summed E-state index contributed by atoms with van der Waals surface area (Å²) in [5, 5.41) is 0.855. The number of hydrogen-bond donors (Lipinski definition) is 2. The molecule has 5 heteroatoms. The Balaban J connectivity index is 2.18. The summed E-state index contributed by atoms with van der Waals surface area (Å²) >= 11 is 3.41. The highest BCUT2D eigenvalue weighted by Crippen LogP contribution is 2.30. The molecular formula is C16H13BrN2O2. The van der Waals surface area contributed by atoms with Crippen LogP contribution >= 0.6 is 15.9 Å². The number of hydrogen-bond acceptors (Lipinski definition) is 3. The highest BCUT2D eigenvalue weighted by molar-refractivity contribution is 9.10. The fraction of sp³-hybridized carbons (Fsp3) is 0.0625. The van der Waals surface area contributed by atoms with Gasteiger partial charge in [-0.05, 0) is 24.3 Å². The molecule has 1 aromatic heterocycles. The van der Waals surface area contributed by atoms with Crippen LogP contribution in [-0.4, -0.2) is 17.9 Å². The van der Waals surface area contributed by atoms with Gasteiger partial charge in [0.25, 0.3) is 0 Å². The Bertz CT molecular complexity index is 839. The number of ketones is 1. The van der Waals surface area contributed by atoms with Crippen molar-refractivity contribution in [2.45, 2.75) is 0 Å². The highest BCUT2D eigenvalue weighted by Gasteiger charge is 2.20. The third-order valence-electron chi connectivity index (χ3n) is 3.39. The molecule has 4 nitrogen and oxygen atoms in total. The molecule has 0 aliphatic heterocycles. The number of methoxy groups -OCH3 is 1. The van der Waals surface area contributed by atoms with Crippen LogP contribution in [0, 0.1) is 0 Å². The number of rotatable bonds is 3. The largest absolute Gasteiger partial charge is 0.496 e. The van der Waals surface area contributed by atoms with Crippen molar-refractivity contribution in [2.75, 3.05) is 12.8 Å². The molecule has 0 aliphatic rings. The zero-order valence-electron chi connectivity index (χ0n) is 11.3. The van der Waals surface area contributed by atoms with Gasteiger partial charge in [-0.3, -0.25) is 4.79 Å². The molecule has 2 aromatic carbocycles. The normalized spacial score (nSPS) is 10.8. The van der Waals surface area contributed by atoms with Crippen molar-refractivity contribution in [2.24, 2.45) is 0 Å². The van der Waals surface area contributed by atoms with E-state index in [0.29, 0.717) is 22.6 Å². The maximum atomic E-state index is 12.8. The molecule has 3 rings (SSSR count). The second kappa shape index (κ2) is 5.26. The van der Waals surface area contributed by atoms with E-state index in [1.54, 1.807) is 24.4 Å². The lowest BCUT2D eigenvalue weighted by molar-refractivity contribution is 0.103. The van der Waals surface area contributed by atoms with Gasteiger partial charge in [0.1, 0.15) is 5.75 Å². The number of carbonyl (C=O) groups excluding carboxylic acids is 1. The molecule has 1 heterocycles. The quantitative estimate of drug-likeness (QED) is 0.561. The van der Waals surface area contributed by atoms with Crippen LogP contribution in [0.4, 0.5) is 5.69 Å². The first-order chi connectivity index (χ1) is 10.1. The Hall–Kier alpha value is -2.27. The van der Waals surface area contributed by atoms with E-state index >= 15 is 0 Å². The molecule has 0 unspecified atom stereocenters. The van der Waals surface area contributed by atoms with E-state index in [-0.39, 0.29) is 5.78 Å². The monoisotopic (exact) mass is 344 g/mol. The number of aromatic amines is 1. The molecule has 21 heavy (non-hydrogen) atoms. The molecule has 0 spiro atoms. The van der Waals surface area contributed by atoms with Crippen molar-refractivity contribution >= 4 is 38.3 Å². The van der Waals surface area contributed by atoms with E-state index in [1.165, 1.54) is 7.11 Å². The van der Waals surface area contributed by atoms with Crippen molar-refractivity contribution in [3.63, 3.8) is 0 Å². The van der Waals surface area contributed by atoms with Crippen molar-refractivity contribution in [3.8, 4) is 5.75 Å². The number of nitrogen functional groups attached to an aromatic ring is 1. The van der Waals surface area contributed by atoms with Crippen LogP contribution in [0.3, 0.4) is 0 Å². The maximum absolute atomic E-state index is 12.8. The molecule has 0 saturated carbocycles. The number of H-pyrrole nitrogens is 1. The van der Waals surface area contributed by atoms with Gasteiger partial charge in [0.05, 0.1) is 12.7 Å². The third kappa shape index (κ3) is 2.29. The van der Waals surface area contributed by atoms with Crippen molar-refractivity contribution in [3.05, 3.63) is 58.2 Å². The van der Waals surface area contributed by atoms with Crippen LogP contribution in [-0.2, 0) is 0 Å². The lowest BCUT2D eigenvalue weighted by Crippen LogP contribution is -2.07. The van der Waals surface area contributed by atoms with E-state index in [9.17, 15) is 4.79 Å². The Morgan fingerprint density at radius 3 is 2.86 bits per heavy atom. The molecule has 0 fully saturated rings. The molecule has 0 saturated heterocycles. The summed E-state index contributed by atoms with van der Waals surface area (Å²) < 4.78 is 6.21. The topological polar surface area (TPSA) is 68.1 Å². The Kier molecular flexibility index (Phi) is 3.43. The van der Waals surface area contributed by atoms with E-state index < -0.39 is 0 Å². The molecule has 0 atom stereocenters. The molecule has 0 radical (unpaired) electrons. The van der Waals surface area contributed by atoms with Gasteiger partial charge in [-0.15, -0.1) is 0 Å². The van der Waals surface area contributed by atoms with Crippen LogP contribution in [0.2, 0.25) is 0 Å². The molecular weight excluding hydrogens is 332 g/mol. The molecule has 0 amide bonds. The average Bonchev–Trinajstić information content (AvgIpc) is 2.89. The van der Waals surface area contributed by atoms with Gasteiger partial charge < -0.3 is 15.5 Å². The minimum atomic E-state index is -0.154. The number of ether oxygens (including phenoxy) is 1. The van der Waals surface area contributed by atoms with Crippen molar-refractivity contribution < 1.29 is 9.53 Å². The third-order valence-corrected chi connectivity index (χ3v) is 3.89. The Labute approximate surface area is 130 Å². The van der Waals surface area contributed by atoms with Gasteiger partial charge >= 0.3 is 0 Å². The maximum Gasteiger partial charge on any atom is 0.200 e. The average molecular weight is 345 g/mol. The fourth-order valence-corrected chi connectivity index (χ4v) is 2.74. The van der Waals surface area contributed by atoms with Crippen LogP contribution in [0.15, 0.2) is 47.1 Å². The zero-order chi connectivity index (χ0) is 15.0. The van der Waals surface area contributed by atoms with Crippen LogP contribution in [0.25, 0.3) is 10.9 Å². The molecule has 0 aliphatic carbocycles. The summed E-state index contributed by atoms with van der Waals surface area (Å²) in [4.78, 5) is 15.9. The fourth-order valence-electron chi connectivity index (χ4n) is 2.38. The number of anilines is 1. The van der Waals surface area contributed by atoms with E-state index in [1.807, 2.05) is 18.2 Å². The van der Waals surface area contributed by atoms with Gasteiger partial charge in [-0.2, -0.15) is 0 Å². The number of halogens is 1. The summed E-state index contributed by atoms with van der Waals surface area (Å²) in [5.74, 6) is 0.324. The minimum Gasteiger partial charge on any atom is -0.496 e. The predicted octanol–water partition coefficient (Wildman–Crippen LogP) is 3.75.